The molecule has 1 aromatic carbocycles. The van der Waals surface area contributed by atoms with Crippen molar-refractivity contribution in [2.24, 2.45) is 5.92 Å². The summed E-state index contributed by atoms with van der Waals surface area (Å²) in [5.41, 5.74) is 6.08. The first kappa shape index (κ1) is 19.7. The van der Waals surface area contributed by atoms with E-state index in [0.29, 0.717) is 28.9 Å². The Labute approximate surface area is 156 Å². The van der Waals surface area contributed by atoms with E-state index in [0.717, 1.165) is 12.1 Å². The summed E-state index contributed by atoms with van der Waals surface area (Å²) in [5, 5.41) is 4.80. The van der Waals surface area contributed by atoms with E-state index in [2.05, 4.69) is 29.8 Å². The molecule has 0 saturated carbocycles. The number of amides is 2. The van der Waals surface area contributed by atoms with Crippen LogP contribution in [0.2, 0.25) is 5.15 Å². The Morgan fingerprint density at radius 2 is 1.92 bits per heavy atom. The normalized spacial score (nSPS) is 11.2. The highest BCUT2D eigenvalue weighted by molar-refractivity contribution is 6.31. The zero-order chi connectivity index (χ0) is 19.3. The molecule has 2 N–H and O–H groups in total. The molecule has 1 aromatic heterocycles. The Morgan fingerprint density at radius 1 is 1.27 bits per heavy atom. The number of rotatable bonds is 5. The van der Waals surface area contributed by atoms with Crippen molar-refractivity contribution in [2.75, 3.05) is 0 Å². The molecule has 0 aliphatic rings. The van der Waals surface area contributed by atoms with E-state index in [-0.39, 0.29) is 5.56 Å². The molecule has 6 nitrogen and oxygen atoms in total. The SMILES string of the molecule is Cc1nn(CC(C)C)c(Cl)c1C=CC(=O)NNC(=O)c1ccc(F)cc1. The fourth-order valence-corrected chi connectivity index (χ4v) is 2.52. The molecule has 8 heteroatoms. The van der Waals surface area contributed by atoms with Gasteiger partial charge in [0.25, 0.3) is 11.8 Å². The van der Waals surface area contributed by atoms with Gasteiger partial charge in [-0.3, -0.25) is 25.1 Å². The van der Waals surface area contributed by atoms with Gasteiger partial charge < -0.3 is 0 Å². The van der Waals surface area contributed by atoms with Crippen LogP contribution in [0.1, 0.15) is 35.5 Å². The van der Waals surface area contributed by atoms with E-state index in [9.17, 15) is 14.0 Å². The van der Waals surface area contributed by atoms with Crippen molar-refractivity contribution in [3.05, 3.63) is 58.1 Å². The number of hydrogen-bond acceptors (Lipinski definition) is 3. The first-order valence-electron chi connectivity index (χ1n) is 8.04. The van der Waals surface area contributed by atoms with Gasteiger partial charge in [0, 0.05) is 23.7 Å². The highest BCUT2D eigenvalue weighted by atomic mass is 35.5. The van der Waals surface area contributed by atoms with Gasteiger partial charge in [-0.15, -0.1) is 0 Å². The second kappa shape index (κ2) is 8.62. The van der Waals surface area contributed by atoms with Gasteiger partial charge >= 0.3 is 0 Å². The third-order valence-electron chi connectivity index (χ3n) is 3.45. The molecule has 1 heterocycles. The van der Waals surface area contributed by atoms with E-state index >= 15 is 0 Å². The molecular formula is C18H20ClFN4O2. The van der Waals surface area contributed by atoms with Crippen LogP contribution in [0, 0.1) is 18.7 Å². The molecule has 0 aliphatic carbocycles. The number of aromatic nitrogens is 2. The quantitative estimate of drug-likeness (QED) is 0.620. The molecule has 0 atom stereocenters. The predicted octanol–water partition coefficient (Wildman–Crippen LogP) is 3.11. The highest BCUT2D eigenvalue weighted by Gasteiger charge is 2.12. The second-order valence-electron chi connectivity index (χ2n) is 6.15. The van der Waals surface area contributed by atoms with Gasteiger partial charge in [-0.25, -0.2) is 4.39 Å². The largest absolute Gasteiger partial charge is 0.269 e. The number of carbonyl (C=O) groups excluding carboxylic acids is 2. The fraction of sp³-hybridized carbons (Fsp3) is 0.278. The van der Waals surface area contributed by atoms with E-state index in [1.54, 1.807) is 17.7 Å². The van der Waals surface area contributed by atoms with Gasteiger partial charge in [-0.05, 0) is 43.2 Å². The predicted molar refractivity (Wildman–Crippen MR) is 97.9 cm³/mol. The molecule has 2 rings (SSSR count). The maximum atomic E-state index is 12.8. The molecule has 0 saturated heterocycles. The summed E-state index contributed by atoms with van der Waals surface area (Å²) in [4.78, 5) is 23.7. The van der Waals surface area contributed by atoms with Crippen molar-refractivity contribution in [3.63, 3.8) is 0 Å². The van der Waals surface area contributed by atoms with Crippen molar-refractivity contribution in [1.82, 2.24) is 20.6 Å². The summed E-state index contributed by atoms with van der Waals surface area (Å²) in [7, 11) is 0. The Balaban J connectivity index is 1.96. The van der Waals surface area contributed by atoms with Crippen molar-refractivity contribution >= 4 is 29.5 Å². The Morgan fingerprint density at radius 3 is 2.54 bits per heavy atom. The van der Waals surface area contributed by atoms with Crippen molar-refractivity contribution in [2.45, 2.75) is 27.3 Å². The van der Waals surface area contributed by atoms with E-state index in [1.165, 1.54) is 18.2 Å². The number of nitrogens with zero attached hydrogens (tertiary/aromatic N) is 2. The lowest BCUT2D eigenvalue weighted by Gasteiger charge is -2.06. The maximum absolute atomic E-state index is 12.8. The molecule has 2 aromatic rings. The Bertz CT molecular complexity index is 828. The van der Waals surface area contributed by atoms with Crippen molar-refractivity contribution in [1.29, 1.82) is 0 Å². The van der Waals surface area contributed by atoms with Crippen LogP contribution < -0.4 is 10.9 Å². The van der Waals surface area contributed by atoms with Crippen LogP contribution in [0.15, 0.2) is 30.3 Å². The van der Waals surface area contributed by atoms with E-state index in [4.69, 9.17) is 11.6 Å². The second-order valence-corrected chi connectivity index (χ2v) is 6.51. The number of halogens is 2. The summed E-state index contributed by atoms with van der Waals surface area (Å²) >= 11 is 6.29. The molecule has 0 fully saturated rings. The van der Waals surface area contributed by atoms with Crippen LogP contribution in [0.5, 0.6) is 0 Å². The number of aryl methyl sites for hydroxylation is 1. The minimum atomic E-state index is -0.550. The average molecular weight is 379 g/mol. The smallest absolute Gasteiger partial charge is 0.268 e. The summed E-state index contributed by atoms with van der Waals surface area (Å²) in [5.74, 6) is -1.15. The average Bonchev–Trinajstić information content (AvgIpc) is 2.84. The van der Waals surface area contributed by atoms with Gasteiger partial charge in [-0.2, -0.15) is 5.10 Å². The fourth-order valence-electron chi connectivity index (χ4n) is 2.22. The molecule has 138 valence electrons. The lowest BCUT2D eigenvalue weighted by Crippen LogP contribution is -2.40. The zero-order valence-electron chi connectivity index (χ0n) is 14.7. The summed E-state index contributed by atoms with van der Waals surface area (Å²) in [6, 6.07) is 4.96. The van der Waals surface area contributed by atoms with Gasteiger partial charge in [-0.1, -0.05) is 25.4 Å². The number of benzene rings is 1. The third kappa shape index (κ3) is 5.16. The van der Waals surface area contributed by atoms with E-state index < -0.39 is 17.6 Å². The molecule has 0 radical (unpaired) electrons. The monoisotopic (exact) mass is 378 g/mol. The minimum Gasteiger partial charge on any atom is -0.268 e. The topological polar surface area (TPSA) is 76.0 Å². The first-order chi connectivity index (χ1) is 12.3. The molecule has 0 unspecified atom stereocenters. The lowest BCUT2D eigenvalue weighted by atomic mass is 10.2. The van der Waals surface area contributed by atoms with Crippen LogP contribution in [0.3, 0.4) is 0 Å². The van der Waals surface area contributed by atoms with Crippen LogP contribution in [0.25, 0.3) is 6.08 Å². The van der Waals surface area contributed by atoms with Crippen LogP contribution in [-0.2, 0) is 11.3 Å². The number of nitrogens with one attached hydrogen (secondary N) is 2. The summed E-state index contributed by atoms with van der Waals surface area (Å²) in [6.45, 7) is 6.59. The van der Waals surface area contributed by atoms with Crippen LogP contribution in [0.4, 0.5) is 4.39 Å². The molecule has 26 heavy (non-hydrogen) atoms. The number of carbonyl (C=O) groups is 2. The summed E-state index contributed by atoms with van der Waals surface area (Å²) < 4.78 is 14.5. The molecule has 0 aliphatic heterocycles. The van der Waals surface area contributed by atoms with Crippen molar-refractivity contribution < 1.29 is 14.0 Å². The minimum absolute atomic E-state index is 0.226. The zero-order valence-corrected chi connectivity index (χ0v) is 15.5. The maximum Gasteiger partial charge on any atom is 0.269 e. The summed E-state index contributed by atoms with van der Waals surface area (Å²) in [6.07, 6.45) is 2.79. The standard InChI is InChI=1S/C18H20ClFN4O2/c1-11(2)10-24-17(19)15(12(3)23-24)8-9-16(25)21-22-18(26)13-4-6-14(20)7-5-13/h4-9,11H,10H2,1-3H3,(H,21,25)(H,22,26). The molecule has 0 spiro atoms. The van der Waals surface area contributed by atoms with Gasteiger partial charge in [0.2, 0.25) is 0 Å². The Hall–Kier alpha value is -2.67. The van der Waals surface area contributed by atoms with Gasteiger partial charge in [0.1, 0.15) is 11.0 Å². The highest BCUT2D eigenvalue weighted by Crippen LogP contribution is 2.22. The van der Waals surface area contributed by atoms with Crippen molar-refractivity contribution in [3.8, 4) is 0 Å². The number of hydrogen-bond donors (Lipinski definition) is 2. The van der Waals surface area contributed by atoms with Crippen LogP contribution >= 0.6 is 11.6 Å². The van der Waals surface area contributed by atoms with Gasteiger partial charge in [0.15, 0.2) is 0 Å². The Kier molecular flexibility index (Phi) is 6.52. The molecule has 0 bridgehead atoms. The van der Waals surface area contributed by atoms with Gasteiger partial charge in [0.05, 0.1) is 5.69 Å². The molecule has 2 amide bonds. The third-order valence-corrected chi connectivity index (χ3v) is 3.85. The lowest BCUT2D eigenvalue weighted by molar-refractivity contribution is -0.117. The number of hydrazine groups is 1. The van der Waals surface area contributed by atoms with Crippen LogP contribution in [-0.4, -0.2) is 21.6 Å². The van der Waals surface area contributed by atoms with E-state index in [1.807, 2.05) is 0 Å². The molecular weight excluding hydrogens is 359 g/mol. The first-order valence-corrected chi connectivity index (χ1v) is 8.42.